The lowest BCUT2D eigenvalue weighted by atomic mass is 10.1. The Morgan fingerprint density at radius 1 is 1.00 bits per heavy atom. The van der Waals surface area contributed by atoms with Gasteiger partial charge in [0.15, 0.2) is 5.75 Å². The summed E-state index contributed by atoms with van der Waals surface area (Å²) in [6.07, 6.45) is 0. The predicted octanol–water partition coefficient (Wildman–Crippen LogP) is 2.39. The van der Waals surface area contributed by atoms with E-state index in [0.29, 0.717) is 0 Å². The third-order valence-electron chi connectivity index (χ3n) is 2.73. The topological polar surface area (TPSA) is 53.1 Å². The van der Waals surface area contributed by atoms with Gasteiger partial charge in [0.25, 0.3) is 5.56 Å². The maximum absolute atomic E-state index is 11.3. The molecule has 3 aromatic rings. The molecular formula is C13H9NO2. The van der Waals surface area contributed by atoms with Crippen molar-refractivity contribution < 1.29 is 5.11 Å². The van der Waals surface area contributed by atoms with Crippen LogP contribution >= 0.6 is 0 Å². The van der Waals surface area contributed by atoms with E-state index in [9.17, 15) is 9.90 Å². The van der Waals surface area contributed by atoms with Crippen molar-refractivity contribution in [2.24, 2.45) is 0 Å². The predicted molar refractivity (Wildman–Crippen MR) is 63.7 cm³/mol. The number of hydrogen-bond acceptors (Lipinski definition) is 2. The number of aromatic amines is 1. The second kappa shape index (κ2) is 3.10. The van der Waals surface area contributed by atoms with Gasteiger partial charge in [0.2, 0.25) is 0 Å². The first-order valence-corrected chi connectivity index (χ1v) is 4.99. The van der Waals surface area contributed by atoms with Crippen LogP contribution in [-0.4, -0.2) is 10.1 Å². The molecule has 3 heteroatoms. The molecule has 78 valence electrons. The molecule has 0 amide bonds. The lowest BCUT2D eigenvalue weighted by Gasteiger charge is -2.03. The lowest BCUT2D eigenvalue weighted by Crippen LogP contribution is -2.04. The Bertz CT molecular complexity index is 744. The SMILES string of the molecule is O=c1[nH]c2ccc3ccccc3c2cc1O. The van der Waals surface area contributed by atoms with E-state index in [2.05, 4.69) is 4.98 Å². The van der Waals surface area contributed by atoms with E-state index < -0.39 is 5.56 Å². The summed E-state index contributed by atoms with van der Waals surface area (Å²) < 4.78 is 0. The van der Waals surface area contributed by atoms with Crippen LogP contribution in [0.4, 0.5) is 0 Å². The van der Waals surface area contributed by atoms with Crippen LogP contribution in [-0.2, 0) is 0 Å². The summed E-state index contributed by atoms with van der Waals surface area (Å²) in [4.78, 5) is 13.9. The number of hydrogen-bond donors (Lipinski definition) is 2. The van der Waals surface area contributed by atoms with Crippen LogP contribution < -0.4 is 5.56 Å². The minimum absolute atomic E-state index is 0.246. The summed E-state index contributed by atoms with van der Waals surface area (Å²) >= 11 is 0. The minimum Gasteiger partial charge on any atom is -0.503 e. The maximum atomic E-state index is 11.3. The molecule has 2 aromatic carbocycles. The summed E-state index contributed by atoms with van der Waals surface area (Å²) in [6.45, 7) is 0. The van der Waals surface area contributed by atoms with Gasteiger partial charge in [-0.05, 0) is 22.9 Å². The monoisotopic (exact) mass is 211 g/mol. The first-order chi connectivity index (χ1) is 7.75. The fourth-order valence-corrected chi connectivity index (χ4v) is 1.95. The standard InChI is InChI=1S/C13H9NO2/c15-12-7-10-9-4-2-1-3-8(9)5-6-11(10)14-13(12)16/h1-7,15H,(H,14,16). The molecule has 0 unspecified atom stereocenters. The van der Waals surface area contributed by atoms with Crippen LogP contribution in [0.2, 0.25) is 0 Å². The largest absolute Gasteiger partial charge is 0.503 e. The number of aromatic hydroxyl groups is 1. The first-order valence-electron chi connectivity index (χ1n) is 4.99. The molecule has 2 N–H and O–H groups in total. The molecule has 0 aliphatic carbocycles. The second-order valence-corrected chi connectivity index (χ2v) is 3.73. The van der Waals surface area contributed by atoms with Gasteiger partial charge in [0, 0.05) is 10.9 Å². The van der Waals surface area contributed by atoms with E-state index in [1.165, 1.54) is 6.07 Å². The van der Waals surface area contributed by atoms with Crippen molar-refractivity contribution >= 4 is 21.7 Å². The molecule has 0 bridgehead atoms. The molecule has 1 heterocycles. The fourth-order valence-electron chi connectivity index (χ4n) is 1.95. The molecule has 0 radical (unpaired) electrons. The van der Waals surface area contributed by atoms with E-state index in [1.54, 1.807) is 0 Å². The Hall–Kier alpha value is -2.29. The zero-order chi connectivity index (χ0) is 11.1. The number of pyridine rings is 1. The third kappa shape index (κ3) is 1.18. The molecule has 0 saturated heterocycles. The summed E-state index contributed by atoms with van der Waals surface area (Å²) in [7, 11) is 0. The number of aromatic nitrogens is 1. The third-order valence-corrected chi connectivity index (χ3v) is 2.73. The Morgan fingerprint density at radius 2 is 1.81 bits per heavy atom. The number of benzene rings is 2. The van der Waals surface area contributed by atoms with Gasteiger partial charge in [-0.1, -0.05) is 30.3 Å². The smallest absolute Gasteiger partial charge is 0.290 e. The minimum atomic E-state index is -0.456. The number of rotatable bonds is 0. The lowest BCUT2D eigenvalue weighted by molar-refractivity contribution is 0.468. The van der Waals surface area contributed by atoms with E-state index in [0.717, 1.165) is 21.7 Å². The van der Waals surface area contributed by atoms with Gasteiger partial charge in [-0.25, -0.2) is 0 Å². The molecule has 0 aliphatic heterocycles. The van der Waals surface area contributed by atoms with Crippen LogP contribution in [0.15, 0.2) is 47.3 Å². The fraction of sp³-hybridized carbons (Fsp3) is 0. The van der Waals surface area contributed by atoms with Gasteiger partial charge in [0.1, 0.15) is 0 Å². The Balaban J connectivity index is 2.60. The van der Waals surface area contributed by atoms with Gasteiger partial charge in [-0.15, -0.1) is 0 Å². The van der Waals surface area contributed by atoms with Crippen molar-refractivity contribution in [3.05, 3.63) is 52.8 Å². The van der Waals surface area contributed by atoms with Gasteiger partial charge in [-0.3, -0.25) is 4.79 Å². The zero-order valence-electron chi connectivity index (χ0n) is 8.40. The van der Waals surface area contributed by atoms with Crippen LogP contribution in [0.3, 0.4) is 0 Å². The highest BCUT2D eigenvalue weighted by Crippen LogP contribution is 2.24. The van der Waals surface area contributed by atoms with E-state index in [4.69, 9.17) is 0 Å². The highest BCUT2D eigenvalue weighted by molar-refractivity contribution is 6.06. The van der Waals surface area contributed by atoms with Crippen molar-refractivity contribution in [1.29, 1.82) is 0 Å². The Morgan fingerprint density at radius 3 is 2.69 bits per heavy atom. The average molecular weight is 211 g/mol. The summed E-state index contributed by atoms with van der Waals surface area (Å²) in [6, 6.07) is 13.2. The molecule has 0 aliphatic rings. The van der Waals surface area contributed by atoms with Crippen molar-refractivity contribution in [2.45, 2.75) is 0 Å². The summed E-state index contributed by atoms with van der Waals surface area (Å²) in [5.74, 6) is -0.246. The summed E-state index contributed by atoms with van der Waals surface area (Å²) in [5.41, 5.74) is 0.282. The van der Waals surface area contributed by atoms with Crippen LogP contribution in [0, 0.1) is 0 Å². The summed E-state index contributed by atoms with van der Waals surface area (Å²) in [5, 5.41) is 12.4. The van der Waals surface area contributed by atoms with Crippen LogP contribution in [0.1, 0.15) is 0 Å². The van der Waals surface area contributed by atoms with Crippen molar-refractivity contribution in [3.63, 3.8) is 0 Å². The Kier molecular flexibility index (Phi) is 1.74. The number of nitrogens with one attached hydrogen (secondary N) is 1. The number of H-pyrrole nitrogens is 1. The van der Waals surface area contributed by atoms with Crippen LogP contribution in [0.25, 0.3) is 21.7 Å². The molecule has 16 heavy (non-hydrogen) atoms. The molecule has 3 nitrogen and oxygen atoms in total. The molecule has 0 saturated carbocycles. The van der Waals surface area contributed by atoms with Gasteiger partial charge >= 0.3 is 0 Å². The zero-order valence-corrected chi connectivity index (χ0v) is 8.40. The van der Waals surface area contributed by atoms with E-state index in [1.807, 2.05) is 36.4 Å². The quantitative estimate of drug-likeness (QED) is 0.561. The van der Waals surface area contributed by atoms with Gasteiger partial charge in [-0.2, -0.15) is 0 Å². The molecule has 3 rings (SSSR count). The maximum Gasteiger partial charge on any atom is 0.290 e. The second-order valence-electron chi connectivity index (χ2n) is 3.73. The van der Waals surface area contributed by atoms with Gasteiger partial charge in [0.05, 0.1) is 0 Å². The normalized spacial score (nSPS) is 11.0. The van der Waals surface area contributed by atoms with Crippen molar-refractivity contribution in [2.75, 3.05) is 0 Å². The van der Waals surface area contributed by atoms with Crippen LogP contribution in [0.5, 0.6) is 5.75 Å². The molecule has 0 atom stereocenters. The van der Waals surface area contributed by atoms with Crippen molar-refractivity contribution in [3.8, 4) is 5.75 Å². The molecule has 1 aromatic heterocycles. The van der Waals surface area contributed by atoms with E-state index in [-0.39, 0.29) is 5.75 Å². The molecule has 0 fully saturated rings. The van der Waals surface area contributed by atoms with Crippen molar-refractivity contribution in [1.82, 2.24) is 4.98 Å². The Labute approximate surface area is 91.0 Å². The van der Waals surface area contributed by atoms with E-state index >= 15 is 0 Å². The highest BCUT2D eigenvalue weighted by atomic mass is 16.3. The highest BCUT2D eigenvalue weighted by Gasteiger charge is 2.03. The average Bonchev–Trinajstić information content (AvgIpc) is 2.31. The first kappa shape index (κ1) is 8.97. The van der Waals surface area contributed by atoms with Gasteiger partial charge < -0.3 is 10.1 Å². The molecular weight excluding hydrogens is 202 g/mol. The molecule has 0 spiro atoms. The number of fused-ring (bicyclic) bond motifs is 3.